The summed E-state index contributed by atoms with van der Waals surface area (Å²) in [5.74, 6) is 0.610. The van der Waals surface area contributed by atoms with E-state index in [0.29, 0.717) is 22.3 Å². The van der Waals surface area contributed by atoms with E-state index in [1.165, 1.54) is 22.4 Å². The van der Waals surface area contributed by atoms with Gasteiger partial charge in [-0.25, -0.2) is 9.97 Å². The van der Waals surface area contributed by atoms with Gasteiger partial charge in [0.2, 0.25) is 5.88 Å². The van der Waals surface area contributed by atoms with Crippen molar-refractivity contribution in [1.29, 1.82) is 0 Å². The third-order valence-corrected chi connectivity index (χ3v) is 4.38. The Labute approximate surface area is 150 Å². The number of rotatable bonds is 5. The van der Waals surface area contributed by atoms with Gasteiger partial charge in [0, 0.05) is 17.5 Å². The van der Waals surface area contributed by atoms with Crippen LogP contribution in [0, 0.1) is 13.8 Å². The monoisotopic (exact) mass is 357 g/mol. The van der Waals surface area contributed by atoms with E-state index in [2.05, 4.69) is 9.97 Å². The molecule has 0 saturated heterocycles. The molecule has 0 bridgehead atoms. The molecular weight excluding hydrogens is 338 g/mol. The molecule has 0 saturated carbocycles. The fourth-order valence-corrected chi connectivity index (χ4v) is 3.41. The Morgan fingerprint density at radius 2 is 1.68 bits per heavy atom. The average molecular weight is 357 g/mol. The summed E-state index contributed by atoms with van der Waals surface area (Å²) in [4.78, 5) is 9.18. The zero-order valence-electron chi connectivity index (χ0n) is 14.2. The Kier molecular flexibility index (Phi) is 4.85. The first-order valence-electron chi connectivity index (χ1n) is 7.85. The highest BCUT2D eigenvalue weighted by Crippen LogP contribution is 2.40. The molecule has 0 spiro atoms. The van der Waals surface area contributed by atoms with Gasteiger partial charge in [-0.3, -0.25) is 4.57 Å². The minimum absolute atomic E-state index is 0.0607. The summed E-state index contributed by atoms with van der Waals surface area (Å²) >= 11 is 1.21. The normalized spacial score (nSPS) is 10.8. The molecular formula is C18H19N3O3S. The SMILES string of the molecule is CCOc1ccc(-n2c(O)cc(Sc3nc(C)cc(C)n3)c2O)cc1. The molecule has 0 amide bonds. The molecule has 0 unspecified atom stereocenters. The van der Waals surface area contributed by atoms with Crippen molar-refractivity contribution in [1.82, 2.24) is 14.5 Å². The van der Waals surface area contributed by atoms with Crippen molar-refractivity contribution in [3.63, 3.8) is 0 Å². The number of hydrogen-bond donors (Lipinski definition) is 2. The molecule has 2 heterocycles. The second kappa shape index (κ2) is 7.06. The Morgan fingerprint density at radius 1 is 1.04 bits per heavy atom. The highest BCUT2D eigenvalue weighted by molar-refractivity contribution is 7.99. The summed E-state index contributed by atoms with van der Waals surface area (Å²) in [5, 5.41) is 21.3. The van der Waals surface area contributed by atoms with E-state index in [-0.39, 0.29) is 11.8 Å². The number of aryl methyl sites for hydroxylation is 2. The van der Waals surface area contributed by atoms with E-state index in [4.69, 9.17) is 4.74 Å². The molecule has 0 aliphatic rings. The summed E-state index contributed by atoms with van der Waals surface area (Å²) in [6.45, 7) is 6.27. The Balaban J connectivity index is 1.92. The molecule has 0 aliphatic heterocycles. The van der Waals surface area contributed by atoms with Crippen LogP contribution in [0.25, 0.3) is 5.69 Å². The Morgan fingerprint density at radius 3 is 2.28 bits per heavy atom. The number of ether oxygens (including phenoxy) is 1. The largest absolute Gasteiger partial charge is 0.494 e. The molecule has 3 rings (SSSR count). The Hall–Kier alpha value is -2.67. The molecule has 0 aliphatic carbocycles. The van der Waals surface area contributed by atoms with Crippen LogP contribution < -0.4 is 4.74 Å². The van der Waals surface area contributed by atoms with Crippen molar-refractivity contribution in [2.45, 2.75) is 30.8 Å². The highest BCUT2D eigenvalue weighted by atomic mass is 32.2. The standard InChI is InChI=1S/C18H19N3O3S/c1-4-24-14-7-5-13(6-8-14)21-16(22)10-15(17(21)23)25-18-19-11(2)9-12(3)20-18/h5-10,22-23H,4H2,1-3H3. The first kappa shape index (κ1) is 17.2. The summed E-state index contributed by atoms with van der Waals surface area (Å²) in [6, 6.07) is 10.5. The maximum Gasteiger partial charge on any atom is 0.213 e. The van der Waals surface area contributed by atoms with Gasteiger partial charge in [0.15, 0.2) is 11.0 Å². The first-order valence-corrected chi connectivity index (χ1v) is 8.66. The van der Waals surface area contributed by atoms with Gasteiger partial charge < -0.3 is 14.9 Å². The van der Waals surface area contributed by atoms with Crippen molar-refractivity contribution < 1.29 is 14.9 Å². The average Bonchev–Trinajstić information content (AvgIpc) is 2.82. The molecule has 130 valence electrons. The van der Waals surface area contributed by atoms with Crippen molar-refractivity contribution in [2.75, 3.05) is 6.61 Å². The maximum absolute atomic E-state index is 10.5. The van der Waals surface area contributed by atoms with Crippen LogP contribution in [0.1, 0.15) is 18.3 Å². The minimum Gasteiger partial charge on any atom is -0.494 e. The van der Waals surface area contributed by atoms with Crippen LogP contribution in [-0.2, 0) is 0 Å². The van der Waals surface area contributed by atoms with Crippen molar-refractivity contribution in [3.8, 4) is 23.2 Å². The van der Waals surface area contributed by atoms with E-state index in [9.17, 15) is 10.2 Å². The van der Waals surface area contributed by atoms with Crippen LogP contribution in [-0.4, -0.2) is 31.4 Å². The number of benzene rings is 1. The topological polar surface area (TPSA) is 80.4 Å². The molecule has 3 aromatic rings. The molecule has 6 nitrogen and oxygen atoms in total. The van der Waals surface area contributed by atoms with Crippen molar-refractivity contribution >= 4 is 11.8 Å². The lowest BCUT2D eigenvalue weighted by molar-refractivity contribution is 0.340. The van der Waals surface area contributed by atoms with Crippen LogP contribution >= 0.6 is 11.8 Å². The second-order valence-corrected chi connectivity index (χ2v) is 6.50. The predicted octanol–water partition coefficient (Wildman–Crippen LogP) is 3.85. The van der Waals surface area contributed by atoms with E-state index < -0.39 is 0 Å². The van der Waals surface area contributed by atoms with Crippen LogP contribution in [0.2, 0.25) is 0 Å². The van der Waals surface area contributed by atoms with Gasteiger partial charge in [-0.15, -0.1) is 0 Å². The minimum atomic E-state index is -0.0615. The fourth-order valence-electron chi connectivity index (χ4n) is 2.49. The number of hydrogen-bond acceptors (Lipinski definition) is 6. The summed E-state index contributed by atoms with van der Waals surface area (Å²) in [7, 11) is 0. The molecule has 0 radical (unpaired) electrons. The van der Waals surface area contributed by atoms with Crippen molar-refractivity contribution in [3.05, 3.63) is 47.8 Å². The smallest absolute Gasteiger partial charge is 0.213 e. The van der Waals surface area contributed by atoms with Crippen LogP contribution in [0.5, 0.6) is 17.5 Å². The predicted molar refractivity (Wildman–Crippen MR) is 95.9 cm³/mol. The molecule has 25 heavy (non-hydrogen) atoms. The van der Waals surface area contributed by atoms with Crippen LogP contribution in [0.3, 0.4) is 0 Å². The number of aromatic nitrogens is 3. The third kappa shape index (κ3) is 3.71. The van der Waals surface area contributed by atoms with Crippen LogP contribution in [0.4, 0.5) is 0 Å². The quantitative estimate of drug-likeness (QED) is 0.675. The van der Waals surface area contributed by atoms with Crippen molar-refractivity contribution in [2.24, 2.45) is 0 Å². The highest BCUT2D eigenvalue weighted by Gasteiger charge is 2.18. The van der Waals surface area contributed by atoms with Gasteiger partial charge in [0.25, 0.3) is 0 Å². The molecule has 0 fully saturated rings. The zero-order valence-corrected chi connectivity index (χ0v) is 15.0. The lowest BCUT2D eigenvalue weighted by Gasteiger charge is -2.09. The first-order chi connectivity index (χ1) is 12.0. The molecule has 2 N–H and O–H groups in total. The summed E-state index contributed by atoms with van der Waals surface area (Å²) in [6.07, 6.45) is 0. The van der Waals surface area contributed by atoms with E-state index in [1.807, 2.05) is 26.8 Å². The van der Waals surface area contributed by atoms with Gasteiger partial charge in [0.05, 0.1) is 17.2 Å². The molecule has 0 atom stereocenters. The molecule has 1 aromatic carbocycles. The summed E-state index contributed by atoms with van der Waals surface area (Å²) < 4.78 is 6.77. The second-order valence-electron chi connectivity index (χ2n) is 5.49. The maximum atomic E-state index is 10.5. The van der Waals surface area contributed by atoms with Gasteiger partial charge in [-0.2, -0.15) is 0 Å². The number of aromatic hydroxyl groups is 2. The fraction of sp³-hybridized carbons (Fsp3) is 0.222. The van der Waals surface area contributed by atoms with Crippen LogP contribution in [0.15, 0.2) is 46.5 Å². The zero-order chi connectivity index (χ0) is 18.0. The van der Waals surface area contributed by atoms with Gasteiger partial charge in [0.1, 0.15) is 5.75 Å². The van der Waals surface area contributed by atoms with Gasteiger partial charge in [-0.05, 0) is 62.9 Å². The third-order valence-electron chi connectivity index (χ3n) is 3.49. The van der Waals surface area contributed by atoms with Gasteiger partial charge in [-0.1, -0.05) is 0 Å². The number of nitrogens with zero attached hydrogens (tertiary/aromatic N) is 3. The molecule has 2 aromatic heterocycles. The summed E-state index contributed by atoms with van der Waals surface area (Å²) in [5.41, 5.74) is 2.33. The molecule has 7 heteroatoms. The van der Waals surface area contributed by atoms with E-state index in [1.54, 1.807) is 24.3 Å². The lowest BCUT2D eigenvalue weighted by Crippen LogP contribution is -1.95. The Bertz CT molecular complexity index is 871. The lowest BCUT2D eigenvalue weighted by atomic mass is 10.3. The van der Waals surface area contributed by atoms with E-state index in [0.717, 1.165) is 17.1 Å². The van der Waals surface area contributed by atoms with Gasteiger partial charge >= 0.3 is 0 Å². The van der Waals surface area contributed by atoms with E-state index >= 15 is 0 Å².